The molecule has 0 unspecified atom stereocenters. The number of nitrogens with one attached hydrogen (secondary N) is 1. The highest BCUT2D eigenvalue weighted by Crippen LogP contribution is 2.25. The summed E-state index contributed by atoms with van der Waals surface area (Å²) in [4.78, 5) is 21.0. The van der Waals surface area contributed by atoms with Crippen LogP contribution in [0.4, 0.5) is 5.95 Å². The SMILES string of the molecule is CNc1nc(Sc2ncns2)nc(-n2ccnc2)n1. The van der Waals surface area contributed by atoms with E-state index in [0.29, 0.717) is 17.1 Å². The second-order valence-corrected chi connectivity index (χ2v) is 5.27. The maximum atomic E-state index is 4.36. The third-order valence-electron chi connectivity index (χ3n) is 2.08. The highest BCUT2D eigenvalue weighted by molar-refractivity contribution is 8.00. The van der Waals surface area contributed by atoms with E-state index in [1.54, 1.807) is 30.3 Å². The van der Waals surface area contributed by atoms with E-state index in [9.17, 15) is 0 Å². The Morgan fingerprint density at radius 2 is 2.26 bits per heavy atom. The molecule has 19 heavy (non-hydrogen) atoms. The first-order valence-corrected chi connectivity index (χ1v) is 6.81. The van der Waals surface area contributed by atoms with Gasteiger partial charge in [0.15, 0.2) is 4.34 Å². The number of imidazole rings is 1. The second-order valence-electron chi connectivity index (χ2n) is 3.27. The molecule has 0 aromatic carbocycles. The highest BCUT2D eigenvalue weighted by Gasteiger charge is 2.10. The molecule has 1 N–H and O–H groups in total. The zero-order chi connectivity index (χ0) is 13.1. The fourth-order valence-electron chi connectivity index (χ4n) is 1.28. The molecule has 0 saturated heterocycles. The summed E-state index contributed by atoms with van der Waals surface area (Å²) in [5, 5.41) is 3.46. The molecule has 0 saturated carbocycles. The molecule has 8 nitrogen and oxygen atoms in total. The van der Waals surface area contributed by atoms with Gasteiger partial charge < -0.3 is 5.32 Å². The average Bonchev–Trinajstić information content (AvgIpc) is 3.11. The van der Waals surface area contributed by atoms with Crippen molar-refractivity contribution in [3.63, 3.8) is 0 Å². The Balaban J connectivity index is 1.98. The summed E-state index contributed by atoms with van der Waals surface area (Å²) in [7, 11) is 1.76. The van der Waals surface area contributed by atoms with Crippen LogP contribution >= 0.6 is 23.3 Å². The summed E-state index contributed by atoms with van der Waals surface area (Å²) >= 11 is 2.64. The Kier molecular flexibility index (Phi) is 3.33. The number of rotatable bonds is 4. The smallest absolute Gasteiger partial charge is 0.240 e. The number of anilines is 1. The molecule has 0 aliphatic rings. The van der Waals surface area contributed by atoms with Crippen LogP contribution < -0.4 is 5.32 Å². The van der Waals surface area contributed by atoms with E-state index in [2.05, 4.69) is 34.6 Å². The lowest BCUT2D eigenvalue weighted by Crippen LogP contribution is -2.06. The van der Waals surface area contributed by atoms with Gasteiger partial charge >= 0.3 is 0 Å². The maximum absolute atomic E-state index is 4.36. The largest absolute Gasteiger partial charge is 0.357 e. The van der Waals surface area contributed by atoms with Crippen molar-refractivity contribution in [1.82, 2.24) is 33.9 Å². The van der Waals surface area contributed by atoms with Gasteiger partial charge in [0.05, 0.1) is 0 Å². The highest BCUT2D eigenvalue weighted by atomic mass is 32.2. The minimum absolute atomic E-state index is 0.491. The second kappa shape index (κ2) is 5.28. The number of hydrogen-bond donors (Lipinski definition) is 1. The van der Waals surface area contributed by atoms with Crippen LogP contribution in [0.5, 0.6) is 0 Å². The van der Waals surface area contributed by atoms with Crippen molar-refractivity contribution < 1.29 is 0 Å². The molecular weight excluding hydrogens is 284 g/mol. The van der Waals surface area contributed by atoms with Crippen molar-refractivity contribution >= 4 is 29.2 Å². The van der Waals surface area contributed by atoms with Crippen molar-refractivity contribution in [3.05, 3.63) is 25.0 Å². The average molecular weight is 292 g/mol. The van der Waals surface area contributed by atoms with Gasteiger partial charge in [-0.1, -0.05) is 0 Å². The first kappa shape index (κ1) is 12.0. The standard InChI is InChI=1S/C9H8N8S2/c1-10-6-14-7(17-3-2-11-5-17)16-8(15-6)18-9-12-4-13-19-9/h2-5H,1H3,(H,10,14,15,16). The van der Waals surface area contributed by atoms with E-state index in [0.717, 1.165) is 4.34 Å². The zero-order valence-corrected chi connectivity index (χ0v) is 11.4. The quantitative estimate of drug-likeness (QED) is 0.764. The normalized spacial score (nSPS) is 10.6. The lowest BCUT2D eigenvalue weighted by molar-refractivity contribution is 0.827. The van der Waals surface area contributed by atoms with Crippen LogP contribution in [-0.2, 0) is 0 Å². The molecule has 0 amide bonds. The van der Waals surface area contributed by atoms with Crippen molar-refractivity contribution in [2.45, 2.75) is 9.50 Å². The molecule has 3 rings (SSSR count). The van der Waals surface area contributed by atoms with Gasteiger partial charge in [-0.25, -0.2) is 9.97 Å². The molecule has 0 bridgehead atoms. The van der Waals surface area contributed by atoms with Crippen LogP contribution in [0, 0.1) is 0 Å². The Morgan fingerprint density at radius 3 is 2.95 bits per heavy atom. The lowest BCUT2D eigenvalue weighted by Gasteiger charge is -2.05. The van der Waals surface area contributed by atoms with E-state index in [-0.39, 0.29) is 0 Å². The van der Waals surface area contributed by atoms with E-state index < -0.39 is 0 Å². The molecule has 0 atom stereocenters. The Bertz CT molecular complexity index is 651. The summed E-state index contributed by atoms with van der Waals surface area (Å²) < 4.78 is 6.44. The van der Waals surface area contributed by atoms with Gasteiger partial charge in [0, 0.05) is 19.4 Å². The van der Waals surface area contributed by atoms with E-state index in [4.69, 9.17) is 0 Å². The van der Waals surface area contributed by atoms with Gasteiger partial charge in [-0.05, 0) is 23.3 Å². The Labute approximate surface area is 116 Å². The molecule has 3 aromatic rings. The van der Waals surface area contributed by atoms with Crippen LogP contribution in [0.25, 0.3) is 5.95 Å². The first-order chi connectivity index (χ1) is 9.35. The molecular formula is C9H8N8S2. The maximum Gasteiger partial charge on any atom is 0.240 e. The van der Waals surface area contributed by atoms with Crippen LogP contribution in [0.1, 0.15) is 0 Å². The fourth-order valence-corrected chi connectivity index (χ4v) is 2.58. The summed E-state index contributed by atoms with van der Waals surface area (Å²) in [6, 6.07) is 0. The lowest BCUT2D eigenvalue weighted by atomic mass is 10.8. The van der Waals surface area contributed by atoms with Crippen molar-refractivity contribution in [3.8, 4) is 5.95 Å². The predicted molar refractivity (Wildman–Crippen MR) is 70.5 cm³/mol. The molecule has 0 aliphatic carbocycles. The van der Waals surface area contributed by atoms with Gasteiger partial charge in [0.2, 0.25) is 17.1 Å². The Morgan fingerprint density at radius 1 is 1.32 bits per heavy atom. The Hall–Kier alpha value is -2.07. The minimum atomic E-state index is 0.491. The first-order valence-electron chi connectivity index (χ1n) is 5.22. The predicted octanol–water partition coefficient (Wildman–Crippen LogP) is 1.10. The van der Waals surface area contributed by atoms with E-state index in [1.165, 1.54) is 29.6 Å². The minimum Gasteiger partial charge on any atom is -0.357 e. The summed E-state index contributed by atoms with van der Waals surface area (Å²) in [5.41, 5.74) is 0. The van der Waals surface area contributed by atoms with Crippen LogP contribution in [0.2, 0.25) is 0 Å². The molecule has 0 radical (unpaired) electrons. The summed E-state index contributed by atoms with van der Waals surface area (Å²) in [5.74, 6) is 0.995. The third-order valence-corrected chi connectivity index (χ3v) is 3.66. The molecule has 3 aromatic heterocycles. The van der Waals surface area contributed by atoms with Gasteiger partial charge in [-0.3, -0.25) is 4.57 Å². The molecule has 96 valence electrons. The molecule has 10 heteroatoms. The van der Waals surface area contributed by atoms with E-state index in [1.807, 2.05) is 0 Å². The van der Waals surface area contributed by atoms with Crippen molar-refractivity contribution in [2.24, 2.45) is 0 Å². The summed E-state index contributed by atoms with van der Waals surface area (Å²) in [6.45, 7) is 0. The van der Waals surface area contributed by atoms with Gasteiger partial charge in [-0.2, -0.15) is 19.3 Å². The topological polar surface area (TPSA) is 94.3 Å². The van der Waals surface area contributed by atoms with Gasteiger partial charge in [0.25, 0.3) is 0 Å². The third kappa shape index (κ3) is 2.69. The summed E-state index contributed by atoms with van der Waals surface area (Å²) in [6.07, 6.45) is 6.58. The fraction of sp³-hybridized carbons (Fsp3) is 0.111. The molecule has 0 aliphatic heterocycles. The molecule has 3 heterocycles. The van der Waals surface area contributed by atoms with Crippen LogP contribution in [-0.4, -0.2) is 40.9 Å². The molecule has 0 spiro atoms. The van der Waals surface area contributed by atoms with E-state index >= 15 is 0 Å². The number of nitrogens with zero attached hydrogens (tertiary/aromatic N) is 7. The van der Waals surface area contributed by atoms with Gasteiger partial charge in [0.1, 0.15) is 12.7 Å². The monoisotopic (exact) mass is 292 g/mol. The van der Waals surface area contributed by atoms with Gasteiger partial charge in [-0.15, -0.1) is 0 Å². The van der Waals surface area contributed by atoms with Crippen LogP contribution in [0.3, 0.4) is 0 Å². The number of aromatic nitrogens is 7. The molecule has 0 fully saturated rings. The van der Waals surface area contributed by atoms with Crippen molar-refractivity contribution in [2.75, 3.05) is 12.4 Å². The van der Waals surface area contributed by atoms with Crippen LogP contribution in [0.15, 0.2) is 34.5 Å². The van der Waals surface area contributed by atoms with Crippen molar-refractivity contribution in [1.29, 1.82) is 0 Å². The number of hydrogen-bond acceptors (Lipinski definition) is 9. The zero-order valence-electron chi connectivity index (χ0n) is 9.76.